The zero-order chi connectivity index (χ0) is 10.6. The molecule has 0 fully saturated rings. The SMILES string of the molecule is CC(C)/C=N/S(=O)(=O)c1ccccc1. The molecule has 0 saturated heterocycles. The van der Waals surface area contributed by atoms with Crippen LogP contribution in [-0.4, -0.2) is 14.6 Å². The summed E-state index contributed by atoms with van der Waals surface area (Å²) in [5.74, 6) is 0.133. The van der Waals surface area contributed by atoms with Gasteiger partial charge in [-0.05, 0) is 18.1 Å². The van der Waals surface area contributed by atoms with E-state index in [1.165, 1.54) is 18.3 Å². The molecule has 3 nitrogen and oxygen atoms in total. The van der Waals surface area contributed by atoms with E-state index in [0.29, 0.717) is 0 Å². The highest BCUT2D eigenvalue weighted by molar-refractivity contribution is 7.90. The third kappa shape index (κ3) is 2.96. The Morgan fingerprint density at radius 3 is 2.29 bits per heavy atom. The van der Waals surface area contributed by atoms with Gasteiger partial charge in [0.2, 0.25) is 0 Å². The number of hydrogen-bond donors (Lipinski definition) is 0. The summed E-state index contributed by atoms with van der Waals surface area (Å²) < 4.78 is 26.7. The zero-order valence-corrected chi connectivity index (χ0v) is 9.03. The van der Waals surface area contributed by atoms with E-state index < -0.39 is 10.0 Å². The van der Waals surface area contributed by atoms with Crippen LogP contribution in [0.4, 0.5) is 0 Å². The van der Waals surface area contributed by atoms with Gasteiger partial charge in [-0.1, -0.05) is 32.0 Å². The summed E-state index contributed by atoms with van der Waals surface area (Å²) in [7, 11) is -3.49. The minimum atomic E-state index is -3.49. The van der Waals surface area contributed by atoms with Gasteiger partial charge in [0.15, 0.2) is 0 Å². The van der Waals surface area contributed by atoms with Crippen LogP contribution < -0.4 is 0 Å². The van der Waals surface area contributed by atoms with E-state index in [9.17, 15) is 8.42 Å². The quantitative estimate of drug-likeness (QED) is 0.719. The van der Waals surface area contributed by atoms with Crippen LogP contribution in [0.25, 0.3) is 0 Å². The van der Waals surface area contributed by atoms with Gasteiger partial charge in [-0.2, -0.15) is 12.8 Å². The molecule has 1 aromatic carbocycles. The van der Waals surface area contributed by atoms with E-state index in [0.717, 1.165) is 0 Å². The van der Waals surface area contributed by atoms with Crippen LogP contribution in [0, 0.1) is 5.92 Å². The van der Waals surface area contributed by atoms with E-state index in [1.807, 2.05) is 13.8 Å². The smallest absolute Gasteiger partial charge is 0.199 e. The molecule has 0 saturated carbocycles. The first-order valence-electron chi connectivity index (χ1n) is 4.38. The van der Waals surface area contributed by atoms with Crippen molar-refractivity contribution in [2.75, 3.05) is 0 Å². The molecule has 0 unspecified atom stereocenters. The lowest BCUT2D eigenvalue weighted by Crippen LogP contribution is -1.99. The minimum Gasteiger partial charge on any atom is -0.199 e. The van der Waals surface area contributed by atoms with Crippen molar-refractivity contribution in [3.63, 3.8) is 0 Å². The Kier molecular flexibility index (Phi) is 3.41. The van der Waals surface area contributed by atoms with Gasteiger partial charge in [-0.15, -0.1) is 0 Å². The van der Waals surface area contributed by atoms with Crippen molar-refractivity contribution in [1.82, 2.24) is 0 Å². The molecule has 0 radical (unpaired) electrons. The van der Waals surface area contributed by atoms with E-state index in [-0.39, 0.29) is 10.8 Å². The van der Waals surface area contributed by atoms with Gasteiger partial charge in [0, 0.05) is 6.21 Å². The van der Waals surface area contributed by atoms with Crippen molar-refractivity contribution in [1.29, 1.82) is 0 Å². The van der Waals surface area contributed by atoms with E-state index in [2.05, 4.69) is 4.40 Å². The zero-order valence-electron chi connectivity index (χ0n) is 8.21. The predicted molar refractivity (Wildman–Crippen MR) is 57.0 cm³/mol. The standard InChI is InChI=1S/C10H13NO2S/c1-9(2)8-11-14(12,13)10-6-4-3-5-7-10/h3-9H,1-2H3/b11-8+. The third-order valence-electron chi connectivity index (χ3n) is 1.54. The number of benzene rings is 1. The van der Waals surface area contributed by atoms with Gasteiger partial charge in [0.05, 0.1) is 4.90 Å². The first-order chi connectivity index (χ1) is 6.52. The maximum absolute atomic E-state index is 11.5. The monoisotopic (exact) mass is 211 g/mol. The molecule has 0 bridgehead atoms. The molecule has 0 N–H and O–H groups in total. The van der Waals surface area contributed by atoms with Crippen LogP contribution in [0.2, 0.25) is 0 Å². The number of sulfonamides is 1. The molecule has 0 heterocycles. The fourth-order valence-corrected chi connectivity index (χ4v) is 1.88. The summed E-state index contributed by atoms with van der Waals surface area (Å²) in [6.07, 6.45) is 1.43. The molecule has 0 aliphatic rings. The average molecular weight is 211 g/mol. The second-order valence-electron chi connectivity index (χ2n) is 3.29. The Balaban J connectivity index is 2.99. The van der Waals surface area contributed by atoms with Crippen LogP contribution >= 0.6 is 0 Å². The van der Waals surface area contributed by atoms with Gasteiger partial charge in [0.1, 0.15) is 0 Å². The van der Waals surface area contributed by atoms with E-state index in [1.54, 1.807) is 18.2 Å². The molecule has 1 rings (SSSR count). The summed E-state index contributed by atoms with van der Waals surface area (Å²) >= 11 is 0. The van der Waals surface area contributed by atoms with Crippen molar-refractivity contribution >= 4 is 16.2 Å². The first-order valence-corrected chi connectivity index (χ1v) is 5.82. The Labute approximate surface area is 84.5 Å². The second kappa shape index (κ2) is 4.37. The largest absolute Gasteiger partial charge is 0.281 e. The van der Waals surface area contributed by atoms with Crippen molar-refractivity contribution < 1.29 is 8.42 Å². The maximum Gasteiger partial charge on any atom is 0.281 e. The molecule has 0 spiro atoms. The Bertz CT molecular complexity index is 407. The molecule has 0 aliphatic carbocycles. The molecule has 0 amide bonds. The minimum absolute atomic E-state index is 0.133. The molecular formula is C10H13NO2S. The molecular weight excluding hydrogens is 198 g/mol. The van der Waals surface area contributed by atoms with Gasteiger partial charge in [-0.3, -0.25) is 0 Å². The highest BCUT2D eigenvalue weighted by Crippen LogP contribution is 2.10. The van der Waals surface area contributed by atoms with Crippen LogP contribution in [0.5, 0.6) is 0 Å². The van der Waals surface area contributed by atoms with Crippen LogP contribution in [-0.2, 0) is 10.0 Å². The fraction of sp³-hybridized carbons (Fsp3) is 0.300. The van der Waals surface area contributed by atoms with Gasteiger partial charge < -0.3 is 0 Å². The van der Waals surface area contributed by atoms with E-state index >= 15 is 0 Å². The van der Waals surface area contributed by atoms with Gasteiger partial charge >= 0.3 is 0 Å². The molecule has 76 valence electrons. The van der Waals surface area contributed by atoms with Crippen molar-refractivity contribution in [3.05, 3.63) is 30.3 Å². The van der Waals surface area contributed by atoms with Crippen LogP contribution in [0.3, 0.4) is 0 Å². The number of rotatable bonds is 3. The number of nitrogens with zero attached hydrogens (tertiary/aromatic N) is 1. The highest BCUT2D eigenvalue weighted by Gasteiger charge is 2.09. The number of hydrogen-bond acceptors (Lipinski definition) is 2. The van der Waals surface area contributed by atoms with Crippen molar-refractivity contribution in [3.8, 4) is 0 Å². The van der Waals surface area contributed by atoms with Crippen LogP contribution in [0.1, 0.15) is 13.8 Å². The normalized spacial score (nSPS) is 12.5. The lowest BCUT2D eigenvalue weighted by atomic mass is 10.3. The molecule has 0 aromatic heterocycles. The summed E-state index contributed by atoms with van der Waals surface area (Å²) in [6.45, 7) is 3.76. The Morgan fingerprint density at radius 2 is 1.79 bits per heavy atom. The summed E-state index contributed by atoms with van der Waals surface area (Å²) in [4.78, 5) is 0.233. The fourth-order valence-electron chi connectivity index (χ4n) is 0.855. The highest BCUT2D eigenvalue weighted by atomic mass is 32.2. The Hall–Kier alpha value is -1.16. The van der Waals surface area contributed by atoms with Crippen molar-refractivity contribution in [2.45, 2.75) is 18.7 Å². The van der Waals surface area contributed by atoms with Crippen LogP contribution in [0.15, 0.2) is 39.6 Å². The average Bonchev–Trinajstić information content (AvgIpc) is 2.16. The first kappa shape index (κ1) is 10.9. The summed E-state index contributed by atoms with van der Waals surface area (Å²) in [5, 5.41) is 0. The summed E-state index contributed by atoms with van der Waals surface area (Å²) in [5.41, 5.74) is 0. The molecule has 1 aromatic rings. The lowest BCUT2D eigenvalue weighted by molar-refractivity contribution is 0.598. The predicted octanol–water partition coefficient (Wildman–Crippen LogP) is 2.10. The lowest BCUT2D eigenvalue weighted by Gasteiger charge is -1.98. The molecule has 14 heavy (non-hydrogen) atoms. The van der Waals surface area contributed by atoms with E-state index in [4.69, 9.17) is 0 Å². The van der Waals surface area contributed by atoms with Gasteiger partial charge in [-0.25, -0.2) is 0 Å². The van der Waals surface area contributed by atoms with Crippen molar-refractivity contribution in [2.24, 2.45) is 10.3 Å². The third-order valence-corrected chi connectivity index (χ3v) is 2.81. The molecule has 0 atom stereocenters. The van der Waals surface area contributed by atoms with Gasteiger partial charge in [0.25, 0.3) is 10.0 Å². The second-order valence-corrected chi connectivity index (χ2v) is 4.92. The molecule has 4 heteroatoms. The molecule has 0 aliphatic heterocycles. The summed E-state index contributed by atoms with van der Waals surface area (Å²) in [6, 6.07) is 8.20. The maximum atomic E-state index is 11.5. The Morgan fingerprint density at radius 1 is 1.21 bits per heavy atom. The topological polar surface area (TPSA) is 46.5 Å².